The largest absolute Gasteiger partial charge is 0.330 e. The zero-order valence-corrected chi connectivity index (χ0v) is 10.3. The highest BCUT2D eigenvalue weighted by Gasteiger charge is 2.09. The van der Waals surface area contributed by atoms with Crippen LogP contribution in [0.1, 0.15) is 16.1 Å². The Kier molecular flexibility index (Phi) is 3.74. The van der Waals surface area contributed by atoms with Crippen molar-refractivity contribution in [2.45, 2.75) is 6.42 Å². The molecule has 1 amide bonds. The monoisotopic (exact) mass is 244 g/mol. The summed E-state index contributed by atoms with van der Waals surface area (Å²) in [5.41, 5.74) is 7.94. The zero-order chi connectivity index (χ0) is 13.0. The van der Waals surface area contributed by atoms with Crippen LogP contribution in [-0.2, 0) is 13.5 Å². The number of anilines is 1. The van der Waals surface area contributed by atoms with Crippen molar-refractivity contribution in [2.75, 3.05) is 11.9 Å². The molecule has 0 unspecified atom stereocenters. The number of hydrogen-bond acceptors (Lipinski definition) is 3. The van der Waals surface area contributed by atoms with Gasteiger partial charge in [0.15, 0.2) is 0 Å². The average molecular weight is 244 g/mol. The van der Waals surface area contributed by atoms with Crippen molar-refractivity contribution in [3.63, 3.8) is 0 Å². The lowest BCUT2D eigenvalue weighted by Gasteiger charge is -2.06. The highest BCUT2D eigenvalue weighted by molar-refractivity contribution is 6.02. The first kappa shape index (κ1) is 12.3. The zero-order valence-electron chi connectivity index (χ0n) is 10.3. The van der Waals surface area contributed by atoms with E-state index in [0.717, 1.165) is 17.7 Å². The molecule has 0 saturated carbocycles. The lowest BCUT2D eigenvalue weighted by atomic mass is 10.1. The van der Waals surface area contributed by atoms with Crippen molar-refractivity contribution in [3.05, 3.63) is 47.8 Å². The summed E-state index contributed by atoms with van der Waals surface area (Å²) >= 11 is 0. The predicted octanol–water partition coefficient (Wildman–Crippen LogP) is 1.17. The fourth-order valence-electron chi connectivity index (χ4n) is 1.71. The van der Waals surface area contributed by atoms with Crippen molar-refractivity contribution in [3.8, 4) is 0 Å². The Balaban J connectivity index is 2.05. The highest BCUT2D eigenvalue weighted by atomic mass is 16.2. The van der Waals surface area contributed by atoms with Crippen LogP contribution in [0, 0.1) is 0 Å². The normalized spacial score (nSPS) is 10.3. The number of benzene rings is 1. The minimum atomic E-state index is -0.165. The average Bonchev–Trinajstić information content (AvgIpc) is 2.78. The van der Waals surface area contributed by atoms with Gasteiger partial charge in [-0.1, -0.05) is 12.1 Å². The van der Waals surface area contributed by atoms with Crippen molar-refractivity contribution in [2.24, 2.45) is 12.8 Å². The van der Waals surface area contributed by atoms with Crippen LogP contribution in [0.15, 0.2) is 36.5 Å². The first-order valence-corrected chi connectivity index (χ1v) is 5.79. The summed E-state index contributed by atoms with van der Waals surface area (Å²) < 4.78 is 1.54. The van der Waals surface area contributed by atoms with Crippen LogP contribution >= 0.6 is 0 Å². The maximum atomic E-state index is 11.9. The Morgan fingerprint density at radius 2 is 2.06 bits per heavy atom. The summed E-state index contributed by atoms with van der Waals surface area (Å²) in [4.78, 5) is 11.9. The molecule has 0 aliphatic rings. The molecular weight excluding hydrogens is 228 g/mol. The second-order valence-electron chi connectivity index (χ2n) is 4.03. The van der Waals surface area contributed by atoms with E-state index in [1.807, 2.05) is 24.3 Å². The number of nitrogens with one attached hydrogen (secondary N) is 1. The molecule has 0 spiro atoms. The smallest absolute Gasteiger partial charge is 0.273 e. The van der Waals surface area contributed by atoms with E-state index in [0.29, 0.717) is 12.2 Å². The topological polar surface area (TPSA) is 72.9 Å². The molecule has 5 heteroatoms. The third-order valence-electron chi connectivity index (χ3n) is 2.70. The van der Waals surface area contributed by atoms with Gasteiger partial charge in [0.25, 0.3) is 5.91 Å². The summed E-state index contributed by atoms with van der Waals surface area (Å²) in [6, 6.07) is 9.36. The summed E-state index contributed by atoms with van der Waals surface area (Å²) in [5.74, 6) is -0.165. The van der Waals surface area contributed by atoms with Crippen LogP contribution in [0.25, 0.3) is 0 Å². The van der Waals surface area contributed by atoms with Crippen LogP contribution in [0.3, 0.4) is 0 Å². The second kappa shape index (κ2) is 5.46. The van der Waals surface area contributed by atoms with Crippen molar-refractivity contribution >= 4 is 11.6 Å². The molecule has 0 radical (unpaired) electrons. The first-order chi connectivity index (χ1) is 8.70. The number of hydrogen-bond donors (Lipinski definition) is 2. The molecule has 2 aromatic rings. The summed E-state index contributed by atoms with van der Waals surface area (Å²) in [6.45, 7) is 0.626. The standard InChI is InChI=1S/C13H16N4O/c1-17-12(7-9-15-17)13(18)16-11-4-2-10(3-5-11)6-8-14/h2-5,7,9H,6,8,14H2,1H3,(H,16,18). The number of nitrogens with two attached hydrogens (primary N) is 1. The van der Waals surface area contributed by atoms with Crippen molar-refractivity contribution in [1.29, 1.82) is 0 Å². The van der Waals surface area contributed by atoms with Crippen LogP contribution in [0.4, 0.5) is 5.69 Å². The summed E-state index contributed by atoms with van der Waals surface area (Å²) in [5, 5.41) is 6.78. The molecule has 0 atom stereocenters. The Morgan fingerprint density at radius 3 is 2.61 bits per heavy atom. The molecule has 94 valence electrons. The molecule has 1 aromatic carbocycles. The van der Waals surface area contributed by atoms with E-state index in [1.165, 1.54) is 4.68 Å². The van der Waals surface area contributed by atoms with E-state index >= 15 is 0 Å². The summed E-state index contributed by atoms with van der Waals surface area (Å²) in [6.07, 6.45) is 2.44. The number of carbonyl (C=O) groups excluding carboxylic acids is 1. The molecule has 3 N–H and O–H groups in total. The van der Waals surface area contributed by atoms with Gasteiger partial charge < -0.3 is 11.1 Å². The molecule has 0 aliphatic carbocycles. The molecule has 5 nitrogen and oxygen atoms in total. The SMILES string of the molecule is Cn1nccc1C(=O)Nc1ccc(CCN)cc1. The van der Waals surface area contributed by atoms with E-state index in [-0.39, 0.29) is 5.91 Å². The molecule has 0 aliphatic heterocycles. The van der Waals surface area contributed by atoms with E-state index in [2.05, 4.69) is 10.4 Å². The molecule has 0 saturated heterocycles. The van der Waals surface area contributed by atoms with Crippen molar-refractivity contribution < 1.29 is 4.79 Å². The lowest BCUT2D eigenvalue weighted by molar-refractivity contribution is 0.101. The third kappa shape index (κ3) is 2.75. The Labute approximate surface area is 106 Å². The predicted molar refractivity (Wildman–Crippen MR) is 70.4 cm³/mol. The maximum Gasteiger partial charge on any atom is 0.273 e. The Hall–Kier alpha value is -2.14. The molecule has 2 rings (SSSR count). The van der Waals surface area contributed by atoms with Crippen LogP contribution in [0.2, 0.25) is 0 Å². The number of nitrogens with zero attached hydrogens (tertiary/aromatic N) is 2. The van der Waals surface area contributed by atoms with Crippen LogP contribution < -0.4 is 11.1 Å². The van der Waals surface area contributed by atoms with Gasteiger partial charge in [-0.3, -0.25) is 9.48 Å². The maximum absolute atomic E-state index is 11.9. The van der Waals surface area contributed by atoms with E-state index in [1.54, 1.807) is 19.3 Å². The fourth-order valence-corrected chi connectivity index (χ4v) is 1.71. The highest BCUT2D eigenvalue weighted by Crippen LogP contribution is 2.11. The molecule has 1 aromatic heterocycles. The van der Waals surface area contributed by atoms with E-state index in [9.17, 15) is 4.79 Å². The second-order valence-corrected chi connectivity index (χ2v) is 4.03. The van der Waals surface area contributed by atoms with Gasteiger partial charge in [-0.15, -0.1) is 0 Å². The fraction of sp³-hybridized carbons (Fsp3) is 0.231. The van der Waals surface area contributed by atoms with E-state index < -0.39 is 0 Å². The minimum absolute atomic E-state index is 0.165. The van der Waals surface area contributed by atoms with Gasteiger partial charge >= 0.3 is 0 Å². The van der Waals surface area contributed by atoms with Gasteiger partial charge in [0.05, 0.1) is 0 Å². The lowest BCUT2D eigenvalue weighted by Crippen LogP contribution is -2.16. The molecule has 0 fully saturated rings. The number of aromatic nitrogens is 2. The Bertz CT molecular complexity index is 530. The minimum Gasteiger partial charge on any atom is -0.330 e. The molecule has 18 heavy (non-hydrogen) atoms. The summed E-state index contributed by atoms with van der Waals surface area (Å²) in [7, 11) is 1.74. The van der Waals surface area contributed by atoms with Gasteiger partial charge in [-0.25, -0.2) is 0 Å². The van der Waals surface area contributed by atoms with Gasteiger partial charge in [0.2, 0.25) is 0 Å². The van der Waals surface area contributed by atoms with Crippen LogP contribution in [-0.4, -0.2) is 22.2 Å². The molecule has 1 heterocycles. The van der Waals surface area contributed by atoms with E-state index in [4.69, 9.17) is 5.73 Å². The number of amides is 1. The van der Waals surface area contributed by atoms with Gasteiger partial charge in [0, 0.05) is 18.9 Å². The Morgan fingerprint density at radius 1 is 1.33 bits per heavy atom. The quantitative estimate of drug-likeness (QED) is 0.848. The third-order valence-corrected chi connectivity index (χ3v) is 2.70. The number of carbonyl (C=O) groups is 1. The van der Waals surface area contributed by atoms with Gasteiger partial charge in [-0.2, -0.15) is 5.10 Å². The van der Waals surface area contributed by atoms with Gasteiger partial charge in [0.1, 0.15) is 5.69 Å². The number of aryl methyl sites for hydroxylation is 1. The van der Waals surface area contributed by atoms with Gasteiger partial charge in [-0.05, 0) is 36.7 Å². The van der Waals surface area contributed by atoms with Crippen molar-refractivity contribution in [1.82, 2.24) is 9.78 Å². The molecule has 0 bridgehead atoms. The first-order valence-electron chi connectivity index (χ1n) is 5.79. The molecular formula is C13H16N4O. The van der Waals surface area contributed by atoms with Crippen LogP contribution in [0.5, 0.6) is 0 Å². The number of rotatable bonds is 4.